The minimum atomic E-state index is -0.614. The number of anilines is 2. The van der Waals surface area contributed by atoms with Gasteiger partial charge < -0.3 is 10.1 Å². The molecule has 10 heteroatoms. The summed E-state index contributed by atoms with van der Waals surface area (Å²) < 4.78 is 5.05. The number of halogens is 3. The number of carbonyl (C=O) groups excluding carboxylic acids is 3. The molecule has 1 aliphatic rings. The van der Waals surface area contributed by atoms with Crippen LogP contribution in [0.15, 0.2) is 82.2 Å². The van der Waals surface area contributed by atoms with Gasteiger partial charge in [0, 0.05) is 15.6 Å². The van der Waals surface area contributed by atoms with Gasteiger partial charge in [-0.15, -0.1) is 0 Å². The van der Waals surface area contributed by atoms with Crippen molar-refractivity contribution in [2.75, 3.05) is 16.8 Å². The fourth-order valence-corrected chi connectivity index (χ4v) is 4.73. The topological polar surface area (TPSA) is 75.7 Å². The molecular formula is C25H17Cl3N2O4S. The van der Waals surface area contributed by atoms with Crippen molar-refractivity contribution in [1.29, 1.82) is 0 Å². The minimum absolute atomic E-state index is 0.0343. The van der Waals surface area contributed by atoms with Crippen LogP contribution in [0.3, 0.4) is 0 Å². The molecule has 4 rings (SSSR count). The first-order valence-corrected chi connectivity index (χ1v) is 12.3. The smallest absolute Gasteiger partial charge is 0.338 e. The summed E-state index contributed by atoms with van der Waals surface area (Å²) in [5, 5.41) is 3.84. The fourth-order valence-electron chi connectivity index (χ4n) is 3.30. The summed E-state index contributed by atoms with van der Waals surface area (Å²) in [4.78, 5) is 41.0. The van der Waals surface area contributed by atoms with E-state index in [-0.39, 0.29) is 32.9 Å². The Labute approximate surface area is 220 Å². The minimum Gasteiger partial charge on any atom is -0.462 e. The zero-order chi connectivity index (χ0) is 25.1. The maximum absolute atomic E-state index is 13.5. The normalized spacial score (nSPS) is 13.4. The number of benzene rings is 3. The van der Waals surface area contributed by atoms with Crippen molar-refractivity contribution >= 4 is 75.7 Å². The summed E-state index contributed by atoms with van der Waals surface area (Å²) in [6.45, 7) is 1.94. The average molecular weight is 548 g/mol. The molecule has 6 nitrogen and oxygen atoms in total. The van der Waals surface area contributed by atoms with Crippen LogP contribution in [0, 0.1) is 0 Å². The summed E-state index contributed by atoms with van der Waals surface area (Å²) in [6, 6.07) is 18.0. The van der Waals surface area contributed by atoms with Crippen molar-refractivity contribution in [3.63, 3.8) is 0 Å². The van der Waals surface area contributed by atoms with Gasteiger partial charge in [0.15, 0.2) is 0 Å². The van der Waals surface area contributed by atoms with Gasteiger partial charge in [-0.05, 0) is 61.5 Å². The molecule has 1 aliphatic heterocycles. The van der Waals surface area contributed by atoms with Crippen molar-refractivity contribution in [3.8, 4) is 0 Å². The van der Waals surface area contributed by atoms with Crippen molar-refractivity contribution in [2.24, 2.45) is 0 Å². The molecule has 0 saturated carbocycles. The van der Waals surface area contributed by atoms with E-state index in [0.29, 0.717) is 21.2 Å². The first-order valence-electron chi connectivity index (χ1n) is 10.3. The number of ether oxygens (including phenoxy) is 1. The molecule has 178 valence electrons. The largest absolute Gasteiger partial charge is 0.462 e. The van der Waals surface area contributed by atoms with E-state index in [9.17, 15) is 14.4 Å². The number of rotatable bonds is 7. The number of thioether (sulfide) groups is 1. The first-order chi connectivity index (χ1) is 16.8. The van der Waals surface area contributed by atoms with Crippen LogP contribution in [0.25, 0.3) is 0 Å². The van der Waals surface area contributed by atoms with E-state index in [4.69, 9.17) is 39.5 Å². The second-order valence-corrected chi connectivity index (χ2v) is 9.51. The molecule has 1 heterocycles. The quantitative estimate of drug-likeness (QED) is 0.259. The zero-order valence-corrected chi connectivity index (χ0v) is 21.3. The Morgan fingerprint density at radius 3 is 2.40 bits per heavy atom. The molecule has 0 bridgehead atoms. The highest BCUT2D eigenvalue weighted by Gasteiger charge is 2.41. The lowest BCUT2D eigenvalue weighted by atomic mass is 10.2. The van der Waals surface area contributed by atoms with Crippen molar-refractivity contribution in [1.82, 2.24) is 0 Å². The van der Waals surface area contributed by atoms with Crippen molar-refractivity contribution < 1.29 is 19.1 Å². The third kappa shape index (κ3) is 5.33. The second kappa shape index (κ2) is 10.7. The van der Waals surface area contributed by atoms with Crippen LogP contribution in [-0.4, -0.2) is 24.4 Å². The summed E-state index contributed by atoms with van der Waals surface area (Å²) in [7, 11) is 0. The first kappa shape index (κ1) is 25.1. The second-order valence-electron chi connectivity index (χ2n) is 7.21. The molecule has 0 spiro atoms. The molecule has 0 fully saturated rings. The van der Waals surface area contributed by atoms with Crippen LogP contribution < -0.4 is 10.2 Å². The summed E-state index contributed by atoms with van der Waals surface area (Å²) >= 11 is 19.6. The number of carbonyl (C=O) groups is 3. The highest BCUT2D eigenvalue weighted by Crippen LogP contribution is 2.41. The zero-order valence-electron chi connectivity index (χ0n) is 18.2. The number of nitrogens with zero attached hydrogens (tertiary/aromatic N) is 1. The van der Waals surface area contributed by atoms with Crippen LogP contribution >= 0.6 is 46.6 Å². The summed E-state index contributed by atoms with van der Waals surface area (Å²) in [6.07, 6.45) is 0. The van der Waals surface area contributed by atoms with E-state index in [2.05, 4.69) is 5.32 Å². The predicted octanol–water partition coefficient (Wildman–Crippen LogP) is 6.81. The molecule has 3 aromatic rings. The molecule has 0 aliphatic carbocycles. The molecule has 0 aromatic heterocycles. The lowest BCUT2D eigenvalue weighted by Gasteiger charge is -2.17. The van der Waals surface area contributed by atoms with E-state index in [1.165, 1.54) is 0 Å². The van der Waals surface area contributed by atoms with Gasteiger partial charge >= 0.3 is 5.97 Å². The van der Waals surface area contributed by atoms with Crippen LogP contribution in [0.5, 0.6) is 0 Å². The highest BCUT2D eigenvalue weighted by atomic mass is 35.5. The molecule has 0 radical (unpaired) electrons. The van der Waals surface area contributed by atoms with Gasteiger partial charge in [-0.25, -0.2) is 9.69 Å². The Morgan fingerprint density at radius 2 is 1.69 bits per heavy atom. The van der Waals surface area contributed by atoms with Gasteiger partial charge in [0.05, 0.1) is 27.9 Å². The Balaban J connectivity index is 1.75. The van der Waals surface area contributed by atoms with Gasteiger partial charge in [0.25, 0.3) is 11.8 Å². The monoisotopic (exact) mass is 546 g/mol. The number of esters is 1. The van der Waals surface area contributed by atoms with Gasteiger partial charge in [0.2, 0.25) is 0 Å². The van der Waals surface area contributed by atoms with Gasteiger partial charge in [-0.1, -0.05) is 58.7 Å². The van der Waals surface area contributed by atoms with Gasteiger partial charge in [-0.3, -0.25) is 9.59 Å². The van der Waals surface area contributed by atoms with Crippen LogP contribution in [0.1, 0.15) is 17.3 Å². The van der Waals surface area contributed by atoms with Crippen LogP contribution in [-0.2, 0) is 14.3 Å². The number of hydrogen-bond donors (Lipinski definition) is 1. The number of amides is 2. The highest BCUT2D eigenvalue weighted by molar-refractivity contribution is 8.04. The molecule has 0 atom stereocenters. The fraction of sp³-hybridized carbons (Fsp3) is 0.0800. The molecule has 2 amide bonds. The Kier molecular flexibility index (Phi) is 7.72. The lowest BCUT2D eigenvalue weighted by molar-refractivity contribution is -0.120. The lowest BCUT2D eigenvalue weighted by Crippen LogP contribution is -2.32. The van der Waals surface area contributed by atoms with Gasteiger partial charge in [0.1, 0.15) is 10.6 Å². The van der Waals surface area contributed by atoms with Crippen molar-refractivity contribution in [3.05, 3.63) is 98.0 Å². The Bertz CT molecular complexity index is 1360. The predicted molar refractivity (Wildman–Crippen MR) is 139 cm³/mol. The number of nitrogens with one attached hydrogen (secondary N) is 1. The van der Waals surface area contributed by atoms with Crippen molar-refractivity contribution in [2.45, 2.75) is 11.8 Å². The molecule has 0 unspecified atom stereocenters. The molecule has 1 N–H and O–H groups in total. The maximum Gasteiger partial charge on any atom is 0.338 e. The van der Waals surface area contributed by atoms with E-state index in [1.807, 2.05) is 0 Å². The molecule has 0 saturated heterocycles. The van der Waals surface area contributed by atoms with E-state index >= 15 is 0 Å². The third-order valence-electron chi connectivity index (χ3n) is 4.89. The Morgan fingerprint density at radius 1 is 0.971 bits per heavy atom. The van der Waals surface area contributed by atoms with Crippen LogP contribution in [0.4, 0.5) is 11.4 Å². The molecule has 3 aromatic carbocycles. The number of hydrogen-bond acceptors (Lipinski definition) is 6. The van der Waals surface area contributed by atoms with Gasteiger partial charge in [-0.2, -0.15) is 0 Å². The van der Waals surface area contributed by atoms with Crippen LogP contribution in [0.2, 0.25) is 15.1 Å². The van der Waals surface area contributed by atoms with E-state index in [0.717, 1.165) is 16.7 Å². The summed E-state index contributed by atoms with van der Waals surface area (Å²) in [5.41, 5.74) is 0.934. The number of imide groups is 1. The standard InChI is InChI=1S/C25H17Cl3N2O4S/c1-2-34-25(33)14-5-3-6-16(13-14)29-21-22(35-17-11-9-15(26)10-12-17)24(32)30(23(21)31)19-8-4-7-18(27)20(19)28/h3-13,29H,2H2,1H3. The summed E-state index contributed by atoms with van der Waals surface area (Å²) in [5.74, 6) is -1.68. The average Bonchev–Trinajstić information content (AvgIpc) is 3.06. The third-order valence-corrected chi connectivity index (χ3v) is 7.04. The SMILES string of the molecule is CCOC(=O)c1cccc(NC2=C(Sc3ccc(Cl)cc3)C(=O)N(c3cccc(Cl)c3Cl)C2=O)c1. The molecular weight excluding hydrogens is 531 g/mol. The Hall–Kier alpha value is -2.97. The maximum atomic E-state index is 13.5. The van der Waals surface area contributed by atoms with E-state index in [1.54, 1.807) is 73.7 Å². The molecule has 35 heavy (non-hydrogen) atoms. The van der Waals surface area contributed by atoms with E-state index < -0.39 is 17.8 Å².